The molecule has 356 valence electrons. The summed E-state index contributed by atoms with van der Waals surface area (Å²) in [5.74, 6) is 0. The molecule has 0 aliphatic heterocycles. The maximum atomic E-state index is 9.94. The highest BCUT2D eigenvalue weighted by Crippen LogP contribution is 1.90. The monoisotopic (exact) mass is 869 g/mol. The van der Waals surface area contributed by atoms with Gasteiger partial charge in [0, 0.05) is 25.7 Å². The van der Waals surface area contributed by atoms with Crippen LogP contribution in [0.3, 0.4) is 0 Å². The Kier molecular flexibility index (Phi) is 47.4. The van der Waals surface area contributed by atoms with Crippen LogP contribution in [0.1, 0.15) is 13.8 Å². The first-order chi connectivity index (χ1) is 28.8. The number of ether oxygens (including phenoxy) is 12. The summed E-state index contributed by atoms with van der Waals surface area (Å²) in [6, 6.07) is 0.106. The third-order valence-electron chi connectivity index (χ3n) is 7.02. The molecule has 0 heterocycles. The maximum absolute atomic E-state index is 9.94. The Hall–Kier alpha value is -0.920. The van der Waals surface area contributed by atoms with Crippen LogP contribution < -0.4 is 32.1 Å². The zero-order chi connectivity index (χ0) is 43.1. The summed E-state index contributed by atoms with van der Waals surface area (Å²) in [5, 5.41) is 53.4. The molecule has 0 bridgehead atoms. The number of hydroxylamine groups is 1. The molecular formula is C36H80N6O17. The van der Waals surface area contributed by atoms with Crippen molar-refractivity contribution in [2.24, 2.45) is 0 Å². The Balaban J connectivity index is 3.28. The summed E-state index contributed by atoms with van der Waals surface area (Å²) in [5.41, 5.74) is 2.80. The van der Waals surface area contributed by atoms with Gasteiger partial charge < -0.3 is 77.3 Å². The van der Waals surface area contributed by atoms with Crippen molar-refractivity contribution in [2.75, 3.05) is 192 Å². The van der Waals surface area contributed by atoms with Crippen molar-refractivity contribution < 1.29 is 82.1 Å². The van der Waals surface area contributed by atoms with Crippen LogP contribution in [0.25, 0.3) is 0 Å². The minimum Gasteiger partial charge on any atom is -0.391 e. The molecule has 0 aromatic rings. The second kappa shape index (κ2) is 48.1. The summed E-state index contributed by atoms with van der Waals surface area (Å²) in [6.07, 6.45) is -2.94. The van der Waals surface area contributed by atoms with Crippen LogP contribution in [0, 0.1) is 0 Å². The molecule has 0 aromatic carbocycles. The first kappa shape index (κ1) is 58.1. The van der Waals surface area contributed by atoms with Crippen molar-refractivity contribution in [3.8, 4) is 0 Å². The predicted molar refractivity (Wildman–Crippen MR) is 214 cm³/mol. The lowest BCUT2D eigenvalue weighted by Crippen LogP contribution is -2.36. The van der Waals surface area contributed by atoms with Crippen LogP contribution in [0.4, 0.5) is 0 Å². The van der Waals surface area contributed by atoms with Crippen molar-refractivity contribution in [1.29, 1.82) is 0 Å². The van der Waals surface area contributed by atoms with Crippen molar-refractivity contribution >= 4 is 0 Å². The molecule has 0 aromatic heterocycles. The Morgan fingerprint density at radius 2 is 0.729 bits per heavy atom. The van der Waals surface area contributed by atoms with Gasteiger partial charge in [0.1, 0.15) is 18.7 Å². The highest BCUT2D eigenvalue weighted by Gasteiger charge is 2.06. The number of hydrogen-bond acceptors (Lipinski definition) is 23. The molecule has 0 aliphatic rings. The molecule has 0 spiro atoms. The number of rotatable bonds is 51. The van der Waals surface area contributed by atoms with Gasteiger partial charge in [-0.15, -0.1) is 0 Å². The summed E-state index contributed by atoms with van der Waals surface area (Å²) in [7, 11) is 1.79. The van der Waals surface area contributed by atoms with Gasteiger partial charge in [0.15, 0.2) is 0 Å². The molecule has 10 N–H and O–H groups in total. The van der Waals surface area contributed by atoms with Crippen molar-refractivity contribution in [2.45, 2.75) is 44.7 Å². The highest BCUT2D eigenvalue weighted by atomic mass is 16.7. The molecule has 0 rings (SSSR count). The van der Waals surface area contributed by atoms with Crippen molar-refractivity contribution in [3.63, 3.8) is 0 Å². The summed E-state index contributed by atoms with van der Waals surface area (Å²) >= 11 is 0. The third kappa shape index (κ3) is 49.6. The fraction of sp³-hybridized carbons (Fsp3) is 1.00. The zero-order valence-electron chi connectivity index (χ0n) is 35.8. The minimum atomic E-state index is -0.865. The molecule has 4 unspecified atom stereocenters. The molecule has 23 nitrogen and oxygen atoms in total. The van der Waals surface area contributed by atoms with Gasteiger partial charge in [-0.25, -0.2) is 5.48 Å². The van der Waals surface area contributed by atoms with E-state index in [-0.39, 0.29) is 32.6 Å². The fourth-order valence-corrected chi connectivity index (χ4v) is 4.08. The number of aliphatic hydroxyl groups is 4. The summed E-state index contributed by atoms with van der Waals surface area (Å²) in [6.45, 7) is 14.0. The first-order valence-corrected chi connectivity index (χ1v) is 20.4. The smallest absolute Gasteiger partial charge is 0.130 e. The first-order valence-electron chi connectivity index (χ1n) is 20.4. The second-order valence-corrected chi connectivity index (χ2v) is 12.7. The summed E-state index contributed by atoms with van der Waals surface area (Å²) in [4.78, 5) is 5.29. The lowest BCUT2D eigenvalue weighted by Gasteiger charge is -2.15. The van der Waals surface area contributed by atoms with E-state index in [2.05, 4.69) is 32.1 Å². The molecule has 59 heavy (non-hydrogen) atoms. The van der Waals surface area contributed by atoms with Gasteiger partial charge in [0.2, 0.25) is 0 Å². The fourth-order valence-electron chi connectivity index (χ4n) is 4.08. The normalized spacial score (nSPS) is 14.5. The van der Waals surface area contributed by atoms with Crippen molar-refractivity contribution in [3.05, 3.63) is 0 Å². The zero-order valence-corrected chi connectivity index (χ0v) is 35.8. The van der Waals surface area contributed by atoms with Crippen LogP contribution in [0.15, 0.2) is 0 Å². The molecule has 0 saturated heterocycles. The van der Waals surface area contributed by atoms with E-state index in [0.29, 0.717) is 159 Å². The lowest BCUT2D eigenvalue weighted by molar-refractivity contribution is -0.0394. The Morgan fingerprint density at radius 1 is 0.356 bits per heavy atom. The predicted octanol–water partition coefficient (Wildman–Crippen LogP) is -4.12. The number of hydrogen-bond donors (Lipinski definition) is 10. The molecular weight excluding hydrogens is 788 g/mol. The van der Waals surface area contributed by atoms with E-state index in [9.17, 15) is 15.3 Å². The van der Waals surface area contributed by atoms with E-state index in [0.717, 1.165) is 0 Å². The van der Waals surface area contributed by atoms with E-state index < -0.39 is 24.8 Å². The SMILES string of the molecule is CNCOCCOCC(O)NCCOCCOCC(O)NCCOCCOCCONCCOCCOCC(O)NCOCCOC[C@H](C)NCOCCOCC(C)O. The Morgan fingerprint density at radius 3 is 1.24 bits per heavy atom. The average Bonchev–Trinajstić information content (AvgIpc) is 3.21. The summed E-state index contributed by atoms with van der Waals surface area (Å²) < 4.78 is 64.7. The second-order valence-electron chi connectivity index (χ2n) is 12.7. The molecule has 0 amide bonds. The molecule has 0 radical (unpaired) electrons. The van der Waals surface area contributed by atoms with Gasteiger partial charge in [-0.1, -0.05) is 0 Å². The molecule has 0 aliphatic carbocycles. The van der Waals surface area contributed by atoms with Gasteiger partial charge in [-0.3, -0.25) is 31.4 Å². The van der Waals surface area contributed by atoms with Gasteiger partial charge >= 0.3 is 0 Å². The van der Waals surface area contributed by atoms with E-state index in [4.69, 9.17) is 66.8 Å². The standard InChI is InChI=1S/C36H80N6O17/c1-32(40-30-57-21-17-52-25-33(2)43)24-51-16-20-58-31-41-36(46)28-54-15-13-49-9-6-42-59-23-22-50-11-10-47-7-4-38-34(44)26-53-14-12-48-8-5-39-35(45)27-55-18-19-56-29-37-3/h32-46H,4-31H2,1-3H3/t32-,33?,34?,35?,36?/m0/s1. The molecule has 5 atom stereocenters. The molecule has 0 saturated carbocycles. The maximum Gasteiger partial charge on any atom is 0.130 e. The Labute approximate surface area is 350 Å². The van der Waals surface area contributed by atoms with Gasteiger partial charge in [0.05, 0.1) is 172 Å². The van der Waals surface area contributed by atoms with Crippen LogP contribution >= 0.6 is 0 Å². The van der Waals surface area contributed by atoms with E-state index in [1.54, 1.807) is 14.0 Å². The van der Waals surface area contributed by atoms with E-state index in [1.807, 2.05) is 6.92 Å². The quantitative estimate of drug-likeness (QED) is 0.0158. The van der Waals surface area contributed by atoms with E-state index in [1.165, 1.54) is 0 Å². The Bertz CT molecular complexity index is 812. The van der Waals surface area contributed by atoms with Crippen LogP contribution in [0.2, 0.25) is 0 Å². The molecule has 23 heteroatoms. The average molecular weight is 869 g/mol. The highest BCUT2D eigenvalue weighted by molar-refractivity contribution is 4.56. The largest absolute Gasteiger partial charge is 0.391 e. The van der Waals surface area contributed by atoms with Gasteiger partial charge in [-0.2, -0.15) is 0 Å². The lowest BCUT2D eigenvalue weighted by atomic mass is 10.4. The van der Waals surface area contributed by atoms with Crippen molar-refractivity contribution in [1.82, 2.24) is 32.1 Å². The van der Waals surface area contributed by atoms with Crippen LogP contribution in [0.5, 0.6) is 0 Å². The topological polar surface area (TPSA) is 273 Å². The number of nitrogens with one attached hydrogen (secondary N) is 6. The van der Waals surface area contributed by atoms with Crippen LogP contribution in [-0.4, -0.2) is 243 Å². The molecule has 0 fully saturated rings. The van der Waals surface area contributed by atoms with Gasteiger partial charge in [-0.05, 0) is 20.9 Å². The minimum absolute atomic E-state index is 0.0988. The number of aliphatic hydroxyl groups excluding tert-OH is 4. The third-order valence-corrected chi connectivity index (χ3v) is 7.02. The van der Waals surface area contributed by atoms with Crippen LogP contribution in [-0.2, 0) is 61.7 Å². The van der Waals surface area contributed by atoms with E-state index >= 15 is 0 Å². The van der Waals surface area contributed by atoms with Gasteiger partial charge in [0.25, 0.3) is 0 Å².